The van der Waals surface area contributed by atoms with Crippen LogP contribution in [0.4, 0.5) is 5.69 Å². The second kappa shape index (κ2) is 9.27. The van der Waals surface area contributed by atoms with Crippen LogP contribution in [0.3, 0.4) is 0 Å². The van der Waals surface area contributed by atoms with Crippen molar-refractivity contribution in [2.24, 2.45) is 0 Å². The number of H-pyrrole nitrogens is 1. The molecule has 30 heavy (non-hydrogen) atoms. The molecular weight excluding hydrogens is 430 g/mol. The van der Waals surface area contributed by atoms with Crippen LogP contribution in [0.2, 0.25) is 5.02 Å². The van der Waals surface area contributed by atoms with Crippen molar-refractivity contribution in [3.05, 3.63) is 57.4 Å². The first-order valence-corrected chi connectivity index (χ1v) is 10.2. The number of aromatic amines is 1. The monoisotopic (exact) mass is 450 g/mol. The summed E-state index contributed by atoms with van der Waals surface area (Å²) in [4.78, 5) is 25.0. The molecule has 158 valence electrons. The van der Waals surface area contributed by atoms with Gasteiger partial charge in [-0.3, -0.25) is 9.32 Å². The Morgan fingerprint density at radius 3 is 2.50 bits per heavy atom. The van der Waals surface area contributed by atoms with Crippen LogP contribution in [-0.4, -0.2) is 30.6 Å². The fraction of sp³-hybridized carbons (Fsp3) is 0.250. The molecule has 0 radical (unpaired) electrons. The molecule has 3 aromatic rings. The molecule has 1 amide bonds. The number of carbonyl (C=O) groups is 1. The third-order valence-corrected chi connectivity index (χ3v) is 5.72. The lowest BCUT2D eigenvalue weighted by atomic mass is 10.2. The average molecular weight is 451 g/mol. The minimum absolute atomic E-state index is 0.251. The number of nitrogens with zero attached hydrogens (tertiary/aromatic N) is 1. The van der Waals surface area contributed by atoms with E-state index in [1.807, 2.05) is 31.2 Å². The van der Waals surface area contributed by atoms with Crippen molar-refractivity contribution in [2.75, 3.05) is 19.5 Å². The number of thioether (sulfide) groups is 1. The number of hydrogen-bond acceptors (Lipinski definition) is 6. The van der Waals surface area contributed by atoms with Crippen molar-refractivity contribution in [1.82, 2.24) is 5.27 Å². The lowest BCUT2D eigenvalue weighted by molar-refractivity contribution is -0.704. The number of carbonyl (C=O) groups excluding carboxylic acids is 1. The molecule has 1 atom stereocenters. The zero-order valence-corrected chi connectivity index (χ0v) is 18.4. The van der Waals surface area contributed by atoms with Crippen LogP contribution in [0.25, 0.3) is 5.69 Å². The van der Waals surface area contributed by atoms with E-state index in [0.29, 0.717) is 27.9 Å². The van der Waals surface area contributed by atoms with E-state index in [4.69, 9.17) is 25.6 Å². The molecule has 0 fully saturated rings. The van der Waals surface area contributed by atoms with Gasteiger partial charge in [-0.25, -0.2) is 4.79 Å². The third-order valence-electron chi connectivity index (χ3n) is 4.29. The summed E-state index contributed by atoms with van der Waals surface area (Å²) in [7, 11) is 2.97. The summed E-state index contributed by atoms with van der Waals surface area (Å²) >= 11 is 7.23. The number of aryl methyl sites for hydroxylation is 1. The number of anilines is 1. The van der Waals surface area contributed by atoms with E-state index in [0.717, 1.165) is 17.3 Å². The smallest absolute Gasteiger partial charge is 0.442 e. The van der Waals surface area contributed by atoms with E-state index in [1.165, 1.54) is 18.9 Å². The molecular formula is C20H21ClN3O5S+. The molecule has 2 N–H and O–H groups in total. The van der Waals surface area contributed by atoms with Gasteiger partial charge in [0, 0.05) is 18.2 Å². The molecule has 0 bridgehead atoms. The minimum atomic E-state index is -0.619. The van der Waals surface area contributed by atoms with Crippen LogP contribution in [-0.2, 0) is 4.79 Å². The number of methoxy groups -OCH3 is 2. The van der Waals surface area contributed by atoms with Crippen LogP contribution in [0.15, 0.2) is 50.7 Å². The first-order valence-electron chi connectivity index (χ1n) is 8.93. The van der Waals surface area contributed by atoms with Crippen LogP contribution in [0.5, 0.6) is 11.5 Å². The fourth-order valence-electron chi connectivity index (χ4n) is 2.64. The summed E-state index contributed by atoms with van der Waals surface area (Å²) < 4.78 is 16.9. The quantitative estimate of drug-likeness (QED) is 0.423. The fourth-order valence-corrected chi connectivity index (χ4v) is 3.77. The zero-order valence-electron chi connectivity index (χ0n) is 16.8. The van der Waals surface area contributed by atoms with Crippen molar-refractivity contribution in [2.45, 2.75) is 24.1 Å². The van der Waals surface area contributed by atoms with Gasteiger partial charge in [0.15, 0.2) is 0 Å². The van der Waals surface area contributed by atoms with Gasteiger partial charge in [-0.15, -0.1) is 0 Å². The van der Waals surface area contributed by atoms with E-state index in [1.54, 1.807) is 19.1 Å². The summed E-state index contributed by atoms with van der Waals surface area (Å²) in [6.45, 7) is 3.65. The predicted molar refractivity (Wildman–Crippen MR) is 114 cm³/mol. The minimum Gasteiger partial charge on any atom is -0.495 e. The number of halogens is 1. The average Bonchev–Trinajstić information content (AvgIpc) is 3.09. The first kappa shape index (κ1) is 21.8. The van der Waals surface area contributed by atoms with E-state index in [-0.39, 0.29) is 10.9 Å². The highest BCUT2D eigenvalue weighted by Crippen LogP contribution is 2.36. The Morgan fingerprint density at radius 1 is 1.20 bits per heavy atom. The maximum atomic E-state index is 12.8. The normalized spacial score (nSPS) is 11.8. The van der Waals surface area contributed by atoms with Gasteiger partial charge in [0.1, 0.15) is 11.5 Å². The lowest BCUT2D eigenvalue weighted by Crippen LogP contribution is -2.37. The Morgan fingerprint density at radius 2 is 1.87 bits per heavy atom. The molecule has 0 saturated heterocycles. The summed E-state index contributed by atoms with van der Waals surface area (Å²) in [5, 5.41) is 5.31. The Balaban J connectivity index is 1.81. The van der Waals surface area contributed by atoms with Gasteiger partial charge < -0.3 is 14.8 Å². The van der Waals surface area contributed by atoms with Gasteiger partial charge >= 0.3 is 10.7 Å². The molecule has 0 saturated carbocycles. The van der Waals surface area contributed by atoms with Gasteiger partial charge in [0.2, 0.25) is 11.6 Å². The largest absolute Gasteiger partial charge is 0.495 e. The summed E-state index contributed by atoms with van der Waals surface area (Å²) in [5.74, 6) is 0.492. The number of ether oxygens (including phenoxy) is 2. The van der Waals surface area contributed by atoms with Crippen molar-refractivity contribution >= 4 is 35.0 Å². The highest BCUT2D eigenvalue weighted by Gasteiger charge is 2.29. The number of nitrogens with one attached hydrogen (secondary N) is 2. The number of aromatic nitrogens is 2. The molecule has 0 spiro atoms. The highest BCUT2D eigenvalue weighted by atomic mass is 35.5. The second-order valence-electron chi connectivity index (χ2n) is 6.39. The third kappa shape index (κ3) is 4.63. The highest BCUT2D eigenvalue weighted by molar-refractivity contribution is 8.00. The molecule has 8 nitrogen and oxygen atoms in total. The van der Waals surface area contributed by atoms with Crippen LogP contribution in [0.1, 0.15) is 12.5 Å². The van der Waals surface area contributed by atoms with E-state index < -0.39 is 10.9 Å². The van der Waals surface area contributed by atoms with Crippen molar-refractivity contribution in [1.29, 1.82) is 0 Å². The summed E-state index contributed by atoms with van der Waals surface area (Å²) in [6.07, 6.45) is 0. The van der Waals surface area contributed by atoms with Crippen molar-refractivity contribution in [3.63, 3.8) is 0 Å². The second-order valence-corrected chi connectivity index (χ2v) is 8.13. The molecule has 2 aromatic carbocycles. The number of rotatable bonds is 7. The molecule has 1 unspecified atom stereocenters. The van der Waals surface area contributed by atoms with Crippen molar-refractivity contribution in [3.8, 4) is 17.2 Å². The molecule has 1 heterocycles. The van der Waals surface area contributed by atoms with Gasteiger partial charge in [0.25, 0.3) is 0 Å². The number of amides is 1. The van der Waals surface area contributed by atoms with E-state index in [2.05, 4.69) is 10.6 Å². The van der Waals surface area contributed by atoms with Crippen LogP contribution in [0, 0.1) is 6.92 Å². The van der Waals surface area contributed by atoms with Crippen molar-refractivity contribution < 1.29 is 23.5 Å². The van der Waals surface area contributed by atoms with Gasteiger partial charge in [-0.05, 0) is 41.6 Å². The van der Waals surface area contributed by atoms with Crippen LogP contribution >= 0.6 is 23.4 Å². The maximum Gasteiger partial charge on any atom is 0.442 e. The maximum absolute atomic E-state index is 12.8. The first-order chi connectivity index (χ1) is 14.3. The molecule has 0 aliphatic heterocycles. The van der Waals surface area contributed by atoms with Gasteiger partial charge in [-0.1, -0.05) is 29.3 Å². The Kier molecular flexibility index (Phi) is 6.73. The SMILES string of the molecule is COc1cc(OC)c(NC(=O)C(C)Sc2c(=O)o[nH][n+]2-c2ccc(C)cc2)cc1Cl. The van der Waals surface area contributed by atoms with Crippen LogP contribution < -0.4 is 25.1 Å². The molecule has 0 aliphatic rings. The molecule has 1 aromatic heterocycles. The molecule has 10 heteroatoms. The summed E-state index contributed by atoms with van der Waals surface area (Å²) in [6, 6.07) is 10.7. The van der Waals surface area contributed by atoms with E-state index >= 15 is 0 Å². The lowest BCUT2D eigenvalue weighted by Gasteiger charge is -2.14. The Labute approximate surface area is 182 Å². The van der Waals surface area contributed by atoms with E-state index in [9.17, 15) is 9.59 Å². The summed E-state index contributed by atoms with van der Waals surface area (Å²) in [5.41, 5.74) is 1.63. The standard InChI is InChI=1S/C20H20ClN3O5S/c1-11-5-7-13(8-6-11)24-19(20(26)29-23-24)30-12(2)18(25)22-15-9-14(21)16(27-3)10-17(15)28-4/h5-10,12H,1-4H3,(H-,22,23,25,26)/p+1. The topological polar surface area (TPSA) is 97.4 Å². The van der Waals surface area contributed by atoms with Gasteiger partial charge in [0.05, 0.1) is 30.2 Å². The van der Waals surface area contributed by atoms with Gasteiger partial charge in [-0.2, -0.15) is 0 Å². The predicted octanol–water partition coefficient (Wildman–Crippen LogP) is 3.34. The Hall–Kier alpha value is -2.91. The molecule has 3 rings (SSSR count). The number of hydrogen-bond donors (Lipinski definition) is 2. The Bertz CT molecular complexity index is 1110. The zero-order chi connectivity index (χ0) is 21.8. The number of benzene rings is 2. The molecule has 0 aliphatic carbocycles.